The lowest BCUT2D eigenvalue weighted by Gasteiger charge is -2.05. The topological polar surface area (TPSA) is 72.7 Å². The summed E-state index contributed by atoms with van der Waals surface area (Å²) in [5, 5.41) is 13.3. The molecule has 1 amide bonds. The van der Waals surface area contributed by atoms with Crippen molar-refractivity contribution in [2.24, 2.45) is 0 Å². The molecule has 0 saturated carbocycles. The predicted molar refractivity (Wildman–Crippen MR) is 64.7 cm³/mol. The molecule has 1 N–H and O–H groups in total. The van der Waals surface area contributed by atoms with Crippen LogP contribution in [0.5, 0.6) is 0 Å². The summed E-state index contributed by atoms with van der Waals surface area (Å²) in [6.07, 6.45) is 3.39. The molecular formula is C10H11N5OS. The largest absolute Gasteiger partial charge is 0.324 e. The van der Waals surface area contributed by atoms with Gasteiger partial charge < -0.3 is 5.32 Å². The average molecular weight is 249 g/mol. The van der Waals surface area contributed by atoms with Crippen molar-refractivity contribution in [3.8, 4) is 0 Å². The number of aromatic nitrogens is 4. The molecule has 1 heterocycles. The summed E-state index contributed by atoms with van der Waals surface area (Å²) in [4.78, 5) is 12.7. The Hall–Kier alpha value is -1.89. The Morgan fingerprint density at radius 3 is 3.12 bits per heavy atom. The Balaban J connectivity index is 1.98. The number of anilines is 1. The van der Waals surface area contributed by atoms with E-state index < -0.39 is 0 Å². The molecule has 7 heteroatoms. The van der Waals surface area contributed by atoms with Crippen LogP contribution in [0, 0.1) is 0 Å². The molecule has 0 unspecified atom stereocenters. The number of hydrogen-bond donors (Lipinski definition) is 1. The minimum absolute atomic E-state index is 0.108. The van der Waals surface area contributed by atoms with Gasteiger partial charge in [0.05, 0.1) is 0 Å². The zero-order chi connectivity index (χ0) is 12.1. The van der Waals surface area contributed by atoms with Gasteiger partial charge in [-0.15, -0.1) is 16.9 Å². The highest BCUT2D eigenvalue weighted by Gasteiger charge is 2.04. The molecule has 0 aliphatic rings. The van der Waals surface area contributed by atoms with E-state index in [-0.39, 0.29) is 12.5 Å². The highest BCUT2D eigenvalue weighted by molar-refractivity contribution is 7.98. The van der Waals surface area contributed by atoms with E-state index in [1.807, 2.05) is 30.5 Å². The van der Waals surface area contributed by atoms with E-state index in [2.05, 4.69) is 20.8 Å². The number of nitrogens with one attached hydrogen (secondary N) is 1. The summed E-state index contributed by atoms with van der Waals surface area (Å²) in [5.41, 5.74) is 0.773. The molecule has 1 aromatic carbocycles. The molecule has 0 spiro atoms. The monoisotopic (exact) mass is 249 g/mol. The summed E-state index contributed by atoms with van der Waals surface area (Å²) in [7, 11) is 0. The minimum Gasteiger partial charge on any atom is -0.324 e. The van der Waals surface area contributed by atoms with Gasteiger partial charge in [-0.3, -0.25) is 4.79 Å². The van der Waals surface area contributed by atoms with Crippen LogP contribution in [0.25, 0.3) is 0 Å². The molecule has 0 saturated heterocycles. The van der Waals surface area contributed by atoms with E-state index in [0.717, 1.165) is 10.6 Å². The lowest BCUT2D eigenvalue weighted by Crippen LogP contribution is -2.19. The number of amides is 1. The minimum atomic E-state index is -0.157. The van der Waals surface area contributed by atoms with Gasteiger partial charge in [0, 0.05) is 10.6 Å². The van der Waals surface area contributed by atoms with E-state index in [0.29, 0.717) is 0 Å². The van der Waals surface area contributed by atoms with Crippen LogP contribution in [0.1, 0.15) is 0 Å². The summed E-state index contributed by atoms with van der Waals surface area (Å²) in [6.45, 7) is 0.108. The quantitative estimate of drug-likeness (QED) is 0.819. The van der Waals surface area contributed by atoms with Crippen LogP contribution in [0.3, 0.4) is 0 Å². The fraction of sp³-hybridized carbons (Fsp3) is 0.200. The van der Waals surface area contributed by atoms with Gasteiger partial charge in [0.15, 0.2) is 0 Å². The SMILES string of the molecule is CSc1cccc(NC(=O)Cn2cnnn2)c1. The zero-order valence-electron chi connectivity index (χ0n) is 9.20. The lowest BCUT2D eigenvalue weighted by atomic mass is 10.3. The number of carbonyl (C=O) groups is 1. The van der Waals surface area contributed by atoms with Crippen LogP contribution < -0.4 is 5.32 Å². The van der Waals surface area contributed by atoms with Gasteiger partial charge in [-0.2, -0.15) is 0 Å². The molecule has 2 aromatic rings. The van der Waals surface area contributed by atoms with E-state index in [9.17, 15) is 4.79 Å². The summed E-state index contributed by atoms with van der Waals surface area (Å²) in [5.74, 6) is -0.157. The van der Waals surface area contributed by atoms with Gasteiger partial charge in [0.2, 0.25) is 5.91 Å². The first-order chi connectivity index (χ1) is 8.28. The molecule has 0 aliphatic heterocycles. The van der Waals surface area contributed by atoms with Crippen LogP contribution in [0.4, 0.5) is 5.69 Å². The van der Waals surface area contributed by atoms with Crippen molar-refractivity contribution < 1.29 is 4.79 Å². The normalized spacial score (nSPS) is 10.2. The van der Waals surface area contributed by atoms with E-state index >= 15 is 0 Å². The smallest absolute Gasteiger partial charge is 0.246 e. The Morgan fingerprint density at radius 1 is 1.53 bits per heavy atom. The second-order valence-electron chi connectivity index (χ2n) is 3.29. The summed E-state index contributed by atoms with van der Waals surface area (Å²) >= 11 is 1.63. The Bertz CT molecular complexity index is 499. The second-order valence-corrected chi connectivity index (χ2v) is 4.17. The third-order valence-electron chi connectivity index (χ3n) is 2.05. The lowest BCUT2D eigenvalue weighted by molar-refractivity contribution is -0.116. The van der Waals surface area contributed by atoms with Crippen LogP contribution in [-0.2, 0) is 11.3 Å². The number of hydrogen-bond acceptors (Lipinski definition) is 5. The van der Waals surface area contributed by atoms with Crippen molar-refractivity contribution >= 4 is 23.4 Å². The first kappa shape index (κ1) is 11.6. The van der Waals surface area contributed by atoms with E-state index in [1.54, 1.807) is 11.8 Å². The highest BCUT2D eigenvalue weighted by Crippen LogP contribution is 2.18. The van der Waals surface area contributed by atoms with Crippen LogP contribution in [0.2, 0.25) is 0 Å². The Labute approximate surface area is 102 Å². The number of nitrogens with zero attached hydrogens (tertiary/aromatic N) is 4. The number of thioether (sulfide) groups is 1. The number of rotatable bonds is 4. The third-order valence-corrected chi connectivity index (χ3v) is 2.78. The molecule has 1 aromatic heterocycles. The van der Waals surface area contributed by atoms with Gasteiger partial charge in [-0.25, -0.2) is 4.68 Å². The Kier molecular flexibility index (Phi) is 3.71. The maximum absolute atomic E-state index is 11.6. The number of carbonyl (C=O) groups excluding carboxylic acids is 1. The van der Waals surface area contributed by atoms with Gasteiger partial charge in [0.25, 0.3) is 0 Å². The predicted octanol–water partition coefficient (Wildman–Crippen LogP) is 1.03. The van der Waals surface area contributed by atoms with Crippen molar-refractivity contribution in [1.82, 2.24) is 20.2 Å². The molecule has 0 bridgehead atoms. The maximum Gasteiger partial charge on any atom is 0.246 e. The summed E-state index contributed by atoms with van der Waals surface area (Å²) < 4.78 is 1.37. The number of benzene rings is 1. The van der Waals surface area contributed by atoms with E-state index in [4.69, 9.17) is 0 Å². The number of tetrazole rings is 1. The second kappa shape index (κ2) is 5.44. The first-order valence-electron chi connectivity index (χ1n) is 4.92. The molecule has 0 radical (unpaired) electrons. The van der Waals surface area contributed by atoms with E-state index in [1.165, 1.54) is 11.0 Å². The van der Waals surface area contributed by atoms with Gasteiger partial charge in [0.1, 0.15) is 12.9 Å². The molecule has 17 heavy (non-hydrogen) atoms. The standard InChI is InChI=1S/C10H11N5OS/c1-17-9-4-2-3-8(5-9)12-10(16)6-15-7-11-13-14-15/h2-5,7H,6H2,1H3,(H,12,16). The zero-order valence-corrected chi connectivity index (χ0v) is 10.0. The fourth-order valence-electron chi connectivity index (χ4n) is 1.30. The van der Waals surface area contributed by atoms with Gasteiger partial charge >= 0.3 is 0 Å². The van der Waals surface area contributed by atoms with Crippen molar-refractivity contribution in [3.63, 3.8) is 0 Å². The fourth-order valence-corrected chi connectivity index (χ4v) is 1.76. The third kappa shape index (κ3) is 3.28. The van der Waals surface area contributed by atoms with Crippen molar-refractivity contribution in [2.75, 3.05) is 11.6 Å². The molecular weight excluding hydrogens is 238 g/mol. The van der Waals surface area contributed by atoms with Gasteiger partial charge in [-0.1, -0.05) is 6.07 Å². The molecule has 2 rings (SSSR count). The van der Waals surface area contributed by atoms with Crippen LogP contribution in [0.15, 0.2) is 35.5 Å². The highest BCUT2D eigenvalue weighted by atomic mass is 32.2. The molecule has 0 fully saturated rings. The average Bonchev–Trinajstić information content (AvgIpc) is 2.82. The van der Waals surface area contributed by atoms with Crippen molar-refractivity contribution in [1.29, 1.82) is 0 Å². The maximum atomic E-state index is 11.6. The molecule has 0 atom stereocenters. The summed E-state index contributed by atoms with van der Waals surface area (Å²) in [6, 6.07) is 7.65. The van der Waals surface area contributed by atoms with Crippen molar-refractivity contribution in [2.45, 2.75) is 11.4 Å². The Morgan fingerprint density at radius 2 is 2.41 bits per heavy atom. The van der Waals surface area contributed by atoms with Crippen molar-refractivity contribution in [3.05, 3.63) is 30.6 Å². The molecule has 88 valence electrons. The van der Waals surface area contributed by atoms with Crippen LogP contribution in [-0.4, -0.2) is 32.4 Å². The van der Waals surface area contributed by atoms with Crippen LogP contribution >= 0.6 is 11.8 Å². The molecule has 0 aliphatic carbocycles. The first-order valence-corrected chi connectivity index (χ1v) is 6.15. The van der Waals surface area contributed by atoms with Gasteiger partial charge in [-0.05, 0) is 34.9 Å². The molecule has 6 nitrogen and oxygen atoms in total.